The van der Waals surface area contributed by atoms with Gasteiger partial charge in [-0.1, -0.05) is 36.4 Å². The number of methoxy groups -OCH3 is 1. The van der Waals surface area contributed by atoms with Crippen molar-refractivity contribution in [2.75, 3.05) is 13.7 Å². The highest BCUT2D eigenvalue weighted by Gasteiger charge is 2.32. The Balaban J connectivity index is 1.44. The summed E-state index contributed by atoms with van der Waals surface area (Å²) in [5.41, 5.74) is 6.16. The summed E-state index contributed by atoms with van der Waals surface area (Å²) < 4.78 is 19.5. The van der Waals surface area contributed by atoms with Crippen molar-refractivity contribution >= 4 is 16.9 Å². The van der Waals surface area contributed by atoms with Gasteiger partial charge in [-0.05, 0) is 58.7 Å². The van der Waals surface area contributed by atoms with Crippen LogP contribution in [0, 0.1) is 5.82 Å². The summed E-state index contributed by atoms with van der Waals surface area (Å²) in [6, 6.07) is 20.7. The minimum Gasteiger partial charge on any atom is -0.465 e. The van der Waals surface area contributed by atoms with Crippen LogP contribution in [0.25, 0.3) is 22.3 Å². The highest BCUT2D eigenvalue weighted by Crippen LogP contribution is 2.39. The van der Waals surface area contributed by atoms with E-state index in [1.807, 2.05) is 30.3 Å². The van der Waals surface area contributed by atoms with E-state index in [-0.39, 0.29) is 17.8 Å². The minimum absolute atomic E-state index is 0.135. The molecule has 6 rings (SSSR count). The number of esters is 1. The van der Waals surface area contributed by atoms with Crippen molar-refractivity contribution in [2.24, 2.45) is 0 Å². The molecule has 0 amide bonds. The van der Waals surface area contributed by atoms with Crippen LogP contribution in [0.1, 0.15) is 38.8 Å². The molecule has 36 heavy (non-hydrogen) atoms. The number of nitrogens with zero attached hydrogens (tertiary/aromatic N) is 4. The number of aromatic nitrogens is 5. The summed E-state index contributed by atoms with van der Waals surface area (Å²) in [5, 5.41) is 15.0. The Labute approximate surface area is 206 Å². The van der Waals surface area contributed by atoms with E-state index < -0.39 is 5.82 Å². The van der Waals surface area contributed by atoms with E-state index in [0.29, 0.717) is 17.7 Å². The zero-order valence-electron chi connectivity index (χ0n) is 19.5. The maximum Gasteiger partial charge on any atom is 0.337 e. The molecule has 0 saturated carbocycles. The maximum absolute atomic E-state index is 14.5. The number of hydrogen-bond donors (Lipinski definition) is 2. The second kappa shape index (κ2) is 9.01. The average Bonchev–Trinajstić information content (AvgIpc) is 3.57. The molecule has 0 fully saturated rings. The van der Waals surface area contributed by atoms with Crippen molar-refractivity contribution in [1.29, 1.82) is 0 Å². The van der Waals surface area contributed by atoms with E-state index in [9.17, 15) is 9.18 Å². The van der Waals surface area contributed by atoms with E-state index in [1.165, 1.54) is 24.1 Å². The number of benzene rings is 3. The summed E-state index contributed by atoms with van der Waals surface area (Å²) in [5.74, 6) is -0.563. The second-order valence-electron chi connectivity index (χ2n) is 8.85. The van der Waals surface area contributed by atoms with Crippen LogP contribution in [0.3, 0.4) is 0 Å². The zero-order chi connectivity index (χ0) is 24.6. The van der Waals surface area contributed by atoms with Crippen LogP contribution in [0.2, 0.25) is 0 Å². The topological polar surface area (TPSA) is 99.8 Å². The molecule has 1 unspecified atom stereocenters. The highest BCUT2D eigenvalue weighted by atomic mass is 19.1. The van der Waals surface area contributed by atoms with Gasteiger partial charge in [0.1, 0.15) is 5.82 Å². The van der Waals surface area contributed by atoms with Crippen molar-refractivity contribution in [2.45, 2.75) is 19.0 Å². The number of nitrogens with one attached hydrogen (secondary N) is 2. The fraction of sp³-hybridized carbons (Fsp3) is 0.185. The van der Waals surface area contributed by atoms with Crippen molar-refractivity contribution in [3.05, 3.63) is 100 Å². The quantitative estimate of drug-likeness (QED) is 0.360. The Morgan fingerprint density at radius 3 is 2.86 bits per heavy atom. The maximum atomic E-state index is 14.5. The normalized spacial score (nSPS) is 15.7. The number of H-pyrrole nitrogens is 2. The molecule has 1 atom stereocenters. The van der Waals surface area contributed by atoms with Gasteiger partial charge in [-0.2, -0.15) is 5.21 Å². The summed E-state index contributed by atoms with van der Waals surface area (Å²) in [4.78, 5) is 18.3. The van der Waals surface area contributed by atoms with E-state index in [4.69, 9.17) is 4.74 Å². The fourth-order valence-corrected chi connectivity index (χ4v) is 5.14. The van der Waals surface area contributed by atoms with Crippen LogP contribution in [0.5, 0.6) is 0 Å². The first kappa shape index (κ1) is 22.1. The summed E-state index contributed by atoms with van der Waals surface area (Å²) >= 11 is 0. The van der Waals surface area contributed by atoms with Gasteiger partial charge in [0.05, 0.1) is 24.3 Å². The molecule has 0 saturated heterocycles. The number of rotatable bonds is 5. The number of ether oxygens (including phenoxy) is 1. The number of tetrazole rings is 1. The third-order valence-corrected chi connectivity index (χ3v) is 6.76. The lowest BCUT2D eigenvalue weighted by Gasteiger charge is -2.36. The molecule has 9 heteroatoms. The molecule has 0 bridgehead atoms. The summed E-state index contributed by atoms with van der Waals surface area (Å²) in [6.07, 6.45) is 0.867. The molecular weight excluding hydrogens is 459 g/mol. The van der Waals surface area contributed by atoms with Gasteiger partial charge in [0, 0.05) is 29.7 Å². The molecule has 0 aliphatic carbocycles. The van der Waals surface area contributed by atoms with Crippen molar-refractivity contribution in [3.8, 4) is 11.4 Å². The molecule has 0 spiro atoms. The number of fused-ring (bicyclic) bond motifs is 3. The van der Waals surface area contributed by atoms with Gasteiger partial charge in [0.2, 0.25) is 5.82 Å². The molecule has 3 heterocycles. The van der Waals surface area contributed by atoms with Gasteiger partial charge in [-0.3, -0.25) is 4.90 Å². The zero-order valence-corrected chi connectivity index (χ0v) is 19.5. The molecule has 1 aliphatic rings. The molecule has 180 valence electrons. The smallest absolute Gasteiger partial charge is 0.337 e. The van der Waals surface area contributed by atoms with Gasteiger partial charge in [-0.25, -0.2) is 9.18 Å². The Hall–Kier alpha value is -4.37. The lowest BCUT2D eigenvalue weighted by atomic mass is 9.91. The first-order valence-corrected chi connectivity index (χ1v) is 11.7. The van der Waals surface area contributed by atoms with Crippen LogP contribution >= 0.6 is 0 Å². The van der Waals surface area contributed by atoms with E-state index in [0.717, 1.165) is 35.3 Å². The van der Waals surface area contributed by atoms with Crippen molar-refractivity contribution in [3.63, 3.8) is 0 Å². The van der Waals surface area contributed by atoms with Crippen molar-refractivity contribution < 1.29 is 13.9 Å². The molecule has 8 nitrogen and oxygen atoms in total. The molecule has 5 aromatic rings. The molecule has 2 N–H and O–H groups in total. The number of para-hydroxylation sites is 1. The number of carbonyl (C=O) groups excluding carboxylic acids is 1. The van der Waals surface area contributed by atoms with Gasteiger partial charge in [0.25, 0.3) is 0 Å². The Morgan fingerprint density at radius 2 is 2.03 bits per heavy atom. The number of carbonyl (C=O) groups is 1. The molecule has 3 aromatic carbocycles. The van der Waals surface area contributed by atoms with Gasteiger partial charge in [0.15, 0.2) is 0 Å². The molecular formula is C27H23FN6O2. The largest absolute Gasteiger partial charge is 0.465 e. The van der Waals surface area contributed by atoms with Gasteiger partial charge >= 0.3 is 5.97 Å². The van der Waals surface area contributed by atoms with Crippen molar-refractivity contribution in [1.82, 2.24) is 30.5 Å². The molecule has 0 radical (unpaired) electrons. The second-order valence-corrected chi connectivity index (χ2v) is 8.85. The monoisotopic (exact) mass is 482 g/mol. The van der Waals surface area contributed by atoms with Crippen LogP contribution in [0.4, 0.5) is 4.39 Å². The standard InChI is InChI=1S/C27H23FN6O2/c1-36-27(35)18-6-4-5-17(14-18)25-24-20(19-7-2-3-8-23(19)29-24)11-12-34(25)15-16-9-10-22(28)21(13-16)26-30-32-33-31-26/h2-10,13-14,25,29H,11-12,15H2,1H3,(H,30,31,32,33). The SMILES string of the molecule is COC(=O)c1cccc(C2c3[nH]c4ccccc4c3CCN2Cc2ccc(F)c(-c3nn[nH]n3)c2)c1. The van der Waals surface area contributed by atoms with E-state index in [1.54, 1.807) is 18.2 Å². The van der Waals surface area contributed by atoms with E-state index >= 15 is 0 Å². The predicted molar refractivity (Wildman–Crippen MR) is 132 cm³/mol. The predicted octanol–water partition coefficient (Wildman–Crippen LogP) is 4.42. The fourth-order valence-electron chi connectivity index (χ4n) is 5.14. The Morgan fingerprint density at radius 1 is 1.14 bits per heavy atom. The van der Waals surface area contributed by atoms with Crippen LogP contribution < -0.4 is 0 Å². The Bertz CT molecular complexity index is 1560. The van der Waals surface area contributed by atoms with Crippen LogP contribution in [-0.2, 0) is 17.7 Å². The van der Waals surface area contributed by atoms with Gasteiger partial charge < -0.3 is 9.72 Å². The Kier molecular flexibility index (Phi) is 5.54. The lowest BCUT2D eigenvalue weighted by molar-refractivity contribution is 0.0600. The van der Waals surface area contributed by atoms with Crippen LogP contribution in [0.15, 0.2) is 66.7 Å². The summed E-state index contributed by atoms with van der Waals surface area (Å²) in [6.45, 7) is 1.35. The molecule has 1 aliphatic heterocycles. The van der Waals surface area contributed by atoms with Crippen LogP contribution in [-0.4, -0.2) is 50.1 Å². The minimum atomic E-state index is -0.404. The first-order chi connectivity index (χ1) is 17.6. The number of halogens is 1. The highest BCUT2D eigenvalue weighted by molar-refractivity contribution is 5.89. The molecule has 2 aromatic heterocycles. The number of hydrogen-bond acceptors (Lipinski definition) is 6. The number of aromatic amines is 2. The van der Waals surface area contributed by atoms with E-state index in [2.05, 4.69) is 42.6 Å². The average molecular weight is 483 g/mol. The third-order valence-electron chi connectivity index (χ3n) is 6.76. The van der Waals surface area contributed by atoms with Gasteiger partial charge in [-0.15, -0.1) is 10.2 Å². The third kappa shape index (κ3) is 3.83. The summed E-state index contributed by atoms with van der Waals surface area (Å²) in [7, 11) is 1.38. The first-order valence-electron chi connectivity index (χ1n) is 11.7. The lowest BCUT2D eigenvalue weighted by Crippen LogP contribution is -2.35.